The van der Waals surface area contributed by atoms with Gasteiger partial charge in [0.05, 0.1) is 5.02 Å². The van der Waals surface area contributed by atoms with Gasteiger partial charge in [0.2, 0.25) is 0 Å². The van der Waals surface area contributed by atoms with Crippen molar-refractivity contribution in [2.75, 3.05) is 0 Å². The first-order valence-electron chi connectivity index (χ1n) is 3.94. The van der Waals surface area contributed by atoms with Gasteiger partial charge in [-0.25, -0.2) is 4.39 Å². The monoisotopic (exact) mass is 198 g/mol. The molecule has 0 atom stereocenters. The van der Waals surface area contributed by atoms with Gasteiger partial charge >= 0.3 is 0 Å². The van der Waals surface area contributed by atoms with Gasteiger partial charge in [-0.15, -0.1) is 0 Å². The number of furan rings is 1. The van der Waals surface area contributed by atoms with E-state index in [2.05, 4.69) is 0 Å². The van der Waals surface area contributed by atoms with E-state index in [-0.39, 0.29) is 5.82 Å². The minimum atomic E-state index is -0.293. The molecule has 0 radical (unpaired) electrons. The maximum atomic E-state index is 13.2. The number of hydrogen-bond donors (Lipinski definition) is 0. The van der Waals surface area contributed by atoms with Crippen LogP contribution in [0.5, 0.6) is 0 Å². The van der Waals surface area contributed by atoms with E-state index in [1.54, 1.807) is 13.0 Å². The summed E-state index contributed by atoms with van der Waals surface area (Å²) in [6.07, 6.45) is 0. The second-order valence-corrected chi connectivity index (χ2v) is 3.47. The summed E-state index contributed by atoms with van der Waals surface area (Å²) in [4.78, 5) is 0. The van der Waals surface area contributed by atoms with Crippen LogP contribution in [0.25, 0.3) is 11.0 Å². The van der Waals surface area contributed by atoms with Gasteiger partial charge in [0.1, 0.15) is 11.6 Å². The molecule has 0 unspecified atom stereocenters. The first-order chi connectivity index (χ1) is 6.09. The Balaban J connectivity index is 2.95. The Morgan fingerprint density at radius 1 is 1.31 bits per heavy atom. The first-order valence-corrected chi connectivity index (χ1v) is 4.32. The van der Waals surface area contributed by atoms with Gasteiger partial charge in [-0.05, 0) is 31.5 Å². The summed E-state index contributed by atoms with van der Waals surface area (Å²) in [6, 6.07) is 3.07. The van der Waals surface area contributed by atoms with Crippen LogP contribution in [0, 0.1) is 19.7 Å². The summed E-state index contributed by atoms with van der Waals surface area (Å²) in [5.41, 5.74) is 1.15. The zero-order valence-corrected chi connectivity index (χ0v) is 8.07. The topological polar surface area (TPSA) is 13.1 Å². The fourth-order valence-electron chi connectivity index (χ4n) is 1.38. The van der Waals surface area contributed by atoms with Gasteiger partial charge in [-0.2, -0.15) is 0 Å². The molecule has 2 rings (SSSR count). The van der Waals surface area contributed by atoms with E-state index in [1.165, 1.54) is 6.07 Å². The standard InChI is InChI=1S/C10H8ClFO/c1-5-3-7-6(2)9(12)4-8(11)10(7)13-5/h3-4H,1-2H3. The Hall–Kier alpha value is -1.02. The Labute approximate surface area is 80.1 Å². The maximum Gasteiger partial charge on any atom is 0.153 e. The van der Waals surface area contributed by atoms with Crippen molar-refractivity contribution >= 4 is 22.6 Å². The third kappa shape index (κ3) is 1.22. The van der Waals surface area contributed by atoms with Crippen molar-refractivity contribution in [2.24, 2.45) is 0 Å². The Bertz CT molecular complexity index is 473. The van der Waals surface area contributed by atoms with Crippen LogP contribution in [0.4, 0.5) is 4.39 Å². The molecule has 0 saturated carbocycles. The summed E-state index contributed by atoms with van der Waals surface area (Å²) in [7, 11) is 0. The van der Waals surface area contributed by atoms with Crippen LogP contribution in [0.1, 0.15) is 11.3 Å². The summed E-state index contributed by atoms with van der Waals surface area (Å²) in [5.74, 6) is 0.448. The molecule has 3 heteroatoms. The Kier molecular flexibility index (Phi) is 1.81. The molecule has 0 aliphatic heterocycles. The van der Waals surface area contributed by atoms with Crippen LogP contribution >= 0.6 is 11.6 Å². The van der Waals surface area contributed by atoms with E-state index in [0.29, 0.717) is 16.2 Å². The van der Waals surface area contributed by atoms with Gasteiger partial charge in [0.25, 0.3) is 0 Å². The average molecular weight is 199 g/mol. The molecule has 1 aromatic heterocycles. The van der Waals surface area contributed by atoms with E-state index < -0.39 is 0 Å². The van der Waals surface area contributed by atoms with Crippen molar-refractivity contribution in [1.29, 1.82) is 0 Å². The smallest absolute Gasteiger partial charge is 0.153 e. The molecule has 0 spiro atoms. The minimum Gasteiger partial charge on any atom is -0.460 e. The highest BCUT2D eigenvalue weighted by Gasteiger charge is 2.11. The van der Waals surface area contributed by atoms with Crippen LogP contribution in [0.3, 0.4) is 0 Å². The van der Waals surface area contributed by atoms with Gasteiger partial charge in [0.15, 0.2) is 5.58 Å². The molecule has 0 amide bonds. The lowest BCUT2D eigenvalue weighted by Gasteiger charge is -1.98. The molecular formula is C10H8ClFO. The largest absolute Gasteiger partial charge is 0.460 e. The molecule has 0 fully saturated rings. The summed E-state index contributed by atoms with van der Waals surface area (Å²) >= 11 is 5.81. The second-order valence-electron chi connectivity index (χ2n) is 3.07. The fraction of sp³-hybridized carbons (Fsp3) is 0.200. The minimum absolute atomic E-state index is 0.293. The van der Waals surface area contributed by atoms with E-state index >= 15 is 0 Å². The lowest BCUT2D eigenvalue weighted by Crippen LogP contribution is -1.82. The Morgan fingerprint density at radius 2 is 2.00 bits per heavy atom. The van der Waals surface area contributed by atoms with Crippen molar-refractivity contribution in [1.82, 2.24) is 0 Å². The highest BCUT2D eigenvalue weighted by atomic mass is 35.5. The molecule has 2 aromatic rings. The van der Waals surface area contributed by atoms with Crippen LogP contribution in [-0.2, 0) is 0 Å². The van der Waals surface area contributed by atoms with Crippen LogP contribution < -0.4 is 0 Å². The third-order valence-electron chi connectivity index (χ3n) is 2.09. The fourth-order valence-corrected chi connectivity index (χ4v) is 1.62. The zero-order chi connectivity index (χ0) is 9.59. The SMILES string of the molecule is Cc1cc2c(C)c(F)cc(Cl)c2o1. The highest BCUT2D eigenvalue weighted by molar-refractivity contribution is 6.35. The van der Waals surface area contributed by atoms with Crippen molar-refractivity contribution in [3.05, 3.63) is 34.3 Å². The molecule has 13 heavy (non-hydrogen) atoms. The molecule has 1 aromatic carbocycles. The van der Waals surface area contributed by atoms with E-state index in [0.717, 1.165) is 11.1 Å². The maximum absolute atomic E-state index is 13.2. The molecule has 0 bridgehead atoms. The summed E-state index contributed by atoms with van der Waals surface area (Å²) in [6.45, 7) is 3.52. The predicted molar refractivity (Wildman–Crippen MR) is 50.7 cm³/mol. The predicted octanol–water partition coefficient (Wildman–Crippen LogP) is 3.84. The number of benzene rings is 1. The number of fused-ring (bicyclic) bond motifs is 1. The summed E-state index contributed by atoms with van der Waals surface area (Å²) in [5, 5.41) is 1.08. The van der Waals surface area contributed by atoms with Crippen molar-refractivity contribution in [3.63, 3.8) is 0 Å². The molecular weight excluding hydrogens is 191 g/mol. The van der Waals surface area contributed by atoms with Crippen LogP contribution in [0.15, 0.2) is 16.5 Å². The number of hydrogen-bond acceptors (Lipinski definition) is 1. The van der Waals surface area contributed by atoms with Gasteiger partial charge in [-0.3, -0.25) is 0 Å². The number of rotatable bonds is 0. The number of aryl methyl sites for hydroxylation is 2. The third-order valence-corrected chi connectivity index (χ3v) is 2.37. The lowest BCUT2D eigenvalue weighted by atomic mass is 10.1. The van der Waals surface area contributed by atoms with Crippen molar-refractivity contribution < 1.29 is 8.81 Å². The first kappa shape index (κ1) is 8.57. The van der Waals surface area contributed by atoms with E-state index in [1.807, 2.05) is 6.92 Å². The molecule has 68 valence electrons. The summed E-state index contributed by atoms with van der Waals surface area (Å²) < 4.78 is 18.5. The van der Waals surface area contributed by atoms with Gasteiger partial charge < -0.3 is 4.42 Å². The van der Waals surface area contributed by atoms with Crippen molar-refractivity contribution in [2.45, 2.75) is 13.8 Å². The molecule has 0 aliphatic carbocycles. The van der Waals surface area contributed by atoms with Crippen molar-refractivity contribution in [3.8, 4) is 0 Å². The van der Waals surface area contributed by atoms with E-state index in [9.17, 15) is 4.39 Å². The molecule has 1 nitrogen and oxygen atoms in total. The van der Waals surface area contributed by atoms with Crippen LogP contribution in [0.2, 0.25) is 5.02 Å². The average Bonchev–Trinajstić information content (AvgIpc) is 2.44. The van der Waals surface area contributed by atoms with E-state index in [4.69, 9.17) is 16.0 Å². The molecule has 0 saturated heterocycles. The lowest BCUT2D eigenvalue weighted by molar-refractivity contribution is 0.576. The normalized spacial score (nSPS) is 11.1. The number of halogens is 2. The van der Waals surface area contributed by atoms with Gasteiger partial charge in [-0.1, -0.05) is 11.6 Å². The Morgan fingerprint density at radius 3 is 2.69 bits per heavy atom. The quantitative estimate of drug-likeness (QED) is 0.627. The highest BCUT2D eigenvalue weighted by Crippen LogP contribution is 2.30. The second kappa shape index (κ2) is 2.74. The molecule has 0 N–H and O–H groups in total. The van der Waals surface area contributed by atoms with Crippen LogP contribution in [-0.4, -0.2) is 0 Å². The molecule has 1 heterocycles. The van der Waals surface area contributed by atoms with Gasteiger partial charge in [0, 0.05) is 5.39 Å². The molecule has 0 aliphatic rings. The zero-order valence-electron chi connectivity index (χ0n) is 7.32.